The monoisotopic (exact) mass is 440 g/mol. The van der Waals surface area contributed by atoms with Crippen LogP contribution in [0.2, 0.25) is 0 Å². The lowest BCUT2D eigenvalue weighted by Gasteiger charge is -2.28. The number of carbonyl (C=O) groups excluding carboxylic acids is 1. The Morgan fingerprint density at radius 3 is 2.47 bits per heavy atom. The van der Waals surface area contributed by atoms with Crippen molar-refractivity contribution in [2.45, 2.75) is 51.0 Å². The Kier molecular flexibility index (Phi) is 9.29. The van der Waals surface area contributed by atoms with Crippen LogP contribution in [0.1, 0.15) is 55.6 Å². The Hall–Kier alpha value is -2.66. The van der Waals surface area contributed by atoms with Gasteiger partial charge in [-0.2, -0.15) is 0 Å². The molecular weight excluding hydrogens is 407 g/mol. The minimum atomic E-state index is -0.493. The molecule has 4 nitrogen and oxygen atoms in total. The van der Waals surface area contributed by atoms with Crippen molar-refractivity contribution >= 4 is 5.97 Å². The number of hydrogen-bond donors (Lipinski definition) is 1. The predicted molar refractivity (Wildman–Crippen MR) is 124 cm³/mol. The van der Waals surface area contributed by atoms with Gasteiger partial charge in [0.15, 0.2) is 0 Å². The van der Waals surface area contributed by atoms with E-state index in [4.69, 9.17) is 14.6 Å². The highest BCUT2D eigenvalue weighted by atomic mass is 19.1. The maximum absolute atomic E-state index is 12.4. The van der Waals surface area contributed by atoms with Crippen LogP contribution in [0.4, 0.5) is 4.39 Å². The summed E-state index contributed by atoms with van der Waals surface area (Å²) < 4.78 is 23.2. The second-order valence-electron chi connectivity index (χ2n) is 8.38. The lowest BCUT2D eigenvalue weighted by molar-refractivity contribution is -0.139. The molecular formula is C27H33FO4. The molecule has 5 heteroatoms. The molecule has 1 fully saturated rings. The van der Waals surface area contributed by atoms with Crippen LogP contribution >= 0.6 is 0 Å². The van der Waals surface area contributed by atoms with E-state index in [1.165, 1.54) is 31.2 Å². The highest BCUT2D eigenvalue weighted by molar-refractivity contribution is 5.81. The molecule has 1 aliphatic rings. The molecule has 0 atom stereocenters. The Balaban J connectivity index is 1.69. The number of hydrogen-bond acceptors (Lipinski definition) is 4. The average molecular weight is 441 g/mol. The zero-order valence-corrected chi connectivity index (χ0v) is 18.6. The summed E-state index contributed by atoms with van der Waals surface area (Å²) in [6.07, 6.45) is 7.57. The lowest BCUT2D eigenvalue weighted by Crippen LogP contribution is -2.13. The number of halogens is 1. The number of esters is 1. The van der Waals surface area contributed by atoms with Crippen LogP contribution in [-0.2, 0) is 16.1 Å². The van der Waals surface area contributed by atoms with Gasteiger partial charge in [0.1, 0.15) is 19.0 Å². The fourth-order valence-electron chi connectivity index (χ4n) is 4.47. The number of aliphatic hydroxyl groups is 1. The van der Waals surface area contributed by atoms with Crippen LogP contribution in [0, 0.1) is 5.92 Å². The van der Waals surface area contributed by atoms with Gasteiger partial charge in [0.05, 0.1) is 13.3 Å². The quantitative estimate of drug-likeness (QED) is 0.345. The van der Waals surface area contributed by atoms with E-state index in [0.717, 1.165) is 29.2 Å². The smallest absolute Gasteiger partial charge is 0.330 e. The van der Waals surface area contributed by atoms with E-state index >= 15 is 0 Å². The van der Waals surface area contributed by atoms with Crippen molar-refractivity contribution < 1.29 is 23.8 Å². The van der Waals surface area contributed by atoms with E-state index in [2.05, 4.69) is 30.8 Å². The summed E-state index contributed by atoms with van der Waals surface area (Å²) in [4.78, 5) is 11.5. The number of alkyl halides is 1. The van der Waals surface area contributed by atoms with Crippen molar-refractivity contribution in [2.75, 3.05) is 19.9 Å². The van der Waals surface area contributed by atoms with E-state index in [1.54, 1.807) is 0 Å². The summed E-state index contributed by atoms with van der Waals surface area (Å²) >= 11 is 0. The van der Waals surface area contributed by atoms with Gasteiger partial charge < -0.3 is 14.6 Å². The summed E-state index contributed by atoms with van der Waals surface area (Å²) in [5.74, 6) is 1.35. The second-order valence-corrected chi connectivity index (χ2v) is 8.38. The van der Waals surface area contributed by atoms with Crippen LogP contribution < -0.4 is 4.74 Å². The molecule has 32 heavy (non-hydrogen) atoms. The standard InChI is InChI=1S/C27H33FO4/c1-2-27(30)32-19-25-18-24(13-14-26(25)31-17-16-29)23-11-9-22(10-12-23)21-7-5-20(6-8-21)4-3-15-28/h2,9-14,18,20-21,29H,1,3-8,15-17,19H2. The number of benzene rings is 2. The first kappa shape index (κ1) is 24.0. The lowest BCUT2D eigenvalue weighted by atomic mass is 9.77. The SMILES string of the molecule is C=CC(=O)OCc1cc(-c2ccc(C3CCC(CCCF)CC3)cc2)ccc1OCCO. The predicted octanol–water partition coefficient (Wildman–Crippen LogP) is 5.98. The molecule has 2 aromatic carbocycles. The van der Waals surface area contributed by atoms with Crippen molar-refractivity contribution in [3.63, 3.8) is 0 Å². The Bertz CT molecular complexity index is 870. The third-order valence-electron chi connectivity index (χ3n) is 6.25. The van der Waals surface area contributed by atoms with Crippen LogP contribution in [-0.4, -0.2) is 31.0 Å². The van der Waals surface area contributed by atoms with Crippen LogP contribution in [0.5, 0.6) is 5.75 Å². The zero-order valence-electron chi connectivity index (χ0n) is 18.6. The van der Waals surface area contributed by atoms with Gasteiger partial charge in [-0.25, -0.2) is 4.79 Å². The maximum Gasteiger partial charge on any atom is 0.330 e. The van der Waals surface area contributed by atoms with E-state index in [1.807, 2.05) is 18.2 Å². The fourth-order valence-corrected chi connectivity index (χ4v) is 4.47. The highest BCUT2D eigenvalue weighted by Crippen LogP contribution is 2.38. The number of carbonyl (C=O) groups is 1. The van der Waals surface area contributed by atoms with Gasteiger partial charge in [-0.15, -0.1) is 0 Å². The zero-order chi connectivity index (χ0) is 22.8. The summed E-state index contributed by atoms with van der Waals surface area (Å²) in [6, 6.07) is 14.4. The molecule has 0 radical (unpaired) electrons. The number of rotatable bonds is 11. The minimum absolute atomic E-state index is 0.0726. The summed E-state index contributed by atoms with van der Waals surface area (Å²) in [5, 5.41) is 9.05. The summed E-state index contributed by atoms with van der Waals surface area (Å²) in [5.41, 5.74) is 4.19. The van der Waals surface area contributed by atoms with Gasteiger partial charge in [0.25, 0.3) is 0 Å². The molecule has 0 unspecified atom stereocenters. The third kappa shape index (κ3) is 6.67. The molecule has 0 bridgehead atoms. The van der Waals surface area contributed by atoms with Gasteiger partial charge in [-0.1, -0.05) is 36.9 Å². The van der Waals surface area contributed by atoms with Gasteiger partial charge in [-0.05, 0) is 79.2 Å². The normalized spacial score (nSPS) is 18.2. The van der Waals surface area contributed by atoms with Gasteiger partial charge in [0, 0.05) is 11.6 Å². The van der Waals surface area contributed by atoms with Crippen LogP contribution in [0.25, 0.3) is 11.1 Å². The van der Waals surface area contributed by atoms with Gasteiger partial charge in [0.2, 0.25) is 0 Å². The van der Waals surface area contributed by atoms with E-state index in [9.17, 15) is 9.18 Å². The summed E-state index contributed by atoms with van der Waals surface area (Å²) in [7, 11) is 0. The largest absolute Gasteiger partial charge is 0.491 e. The summed E-state index contributed by atoms with van der Waals surface area (Å²) in [6.45, 7) is 3.38. The molecule has 0 heterocycles. The van der Waals surface area contributed by atoms with Crippen molar-refractivity contribution in [2.24, 2.45) is 5.92 Å². The average Bonchev–Trinajstić information content (AvgIpc) is 2.85. The first-order valence-electron chi connectivity index (χ1n) is 11.5. The van der Waals surface area contributed by atoms with Crippen molar-refractivity contribution in [3.8, 4) is 16.9 Å². The molecule has 0 aromatic heterocycles. The molecule has 2 aromatic rings. The molecule has 1 N–H and O–H groups in total. The van der Waals surface area contributed by atoms with E-state index in [0.29, 0.717) is 24.0 Å². The third-order valence-corrected chi connectivity index (χ3v) is 6.25. The van der Waals surface area contributed by atoms with Gasteiger partial charge in [-0.3, -0.25) is 4.39 Å². The first-order chi connectivity index (χ1) is 15.6. The molecule has 0 amide bonds. The number of aliphatic hydroxyl groups excluding tert-OH is 1. The van der Waals surface area contributed by atoms with Crippen molar-refractivity contribution in [1.82, 2.24) is 0 Å². The Morgan fingerprint density at radius 1 is 1.09 bits per heavy atom. The van der Waals surface area contributed by atoms with Crippen LogP contribution in [0.15, 0.2) is 55.1 Å². The number of ether oxygens (including phenoxy) is 2. The minimum Gasteiger partial charge on any atom is -0.491 e. The molecule has 1 saturated carbocycles. The molecule has 1 aliphatic carbocycles. The second kappa shape index (κ2) is 12.4. The first-order valence-corrected chi connectivity index (χ1v) is 11.5. The molecule has 172 valence electrons. The highest BCUT2D eigenvalue weighted by Gasteiger charge is 2.22. The van der Waals surface area contributed by atoms with Crippen molar-refractivity contribution in [3.05, 3.63) is 66.2 Å². The van der Waals surface area contributed by atoms with E-state index in [-0.39, 0.29) is 26.5 Å². The molecule has 3 rings (SSSR count). The fraction of sp³-hybridized carbons (Fsp3) is 0.444. The molecule has 0 saturated heterocycles. The van der Waals surface area contributed by atoms with Crippen LogP contribution in [0.3, 0.4) is 0 Å². The topological polar surface area (TPSA) is 55.8 Å². The van der Waals surface area contributed by atoms with Crippen molar-refractivity contribution in [1.29, 1.82) is 0 Å². The van der Waals surface area contributed by atoms with Gasteiger partial charge >= 0.3 is 5.97 Å². The van der Waals surface area contributed by atoms with E-state index < -0.39 is 5.97 Å². The molecule has 0 spiro atoms. The Morgan fingerprint density at radius 2 is 1.81 bits per heavy atom. The molecule has 0 aliphatic heterocycles. The maximum atomic E-state index is 12.4. The Labute approximate surface area is 190 Å².